The van der Waals surface area contributed by atoms with Crippen molar-refractivity contribution in [1.82, 2.24) is 0 Å². The van der Waals surface area contributed by atoms with Gasteiger partial charge in [-0.2, -0.15) is 0 Å². The van der Waals surface area contributed by atoms with Gasteiger partial charge in [-0.15, -0.1) is 0 Å². The molecule has 1 saturated carbocycles. The maximum Gasteiger partial charge on any atom is 0.160 e. The molecule has 84 valence electrons. The Morgan fingerprint density at radius 3 is 2.69 bits per heavy atom. The van der Waals surface area contributed by atoms with E-state index in [9.17, 15) is 4.79 Å². The summed E-state index contributed by atoms with van der Waals surface area (Å²) >= 11 is 6.86. The molecule has 0 spiro atoms. The van der Waals surface area contributed by atoms with E-state index in [-0.39, 0.29) is 5.78 Å². The predicted octanol–water partition coefficient (Wildman–Crippen LogP) is 4.26. The fourth-order valence-electron chi connectivity index (χ4n) is 1.66. The molecule has 16 heavy (non-hydrogen) atoms. The maximum atomic E-state index is 11.4. The topological polar surface area (TPSA) is 29.1 Å². The van der Waals surface area contributed by atoms with Gasteiger partial charge in [-0.05, 0) is 47.0 Å². The van der Waals surface area contributed by atoms with E-state index < -0.39 is 0 Å². The van der Waals surface area contributed by atoms with Crippen molar-refractivity contribution in [3.05, 3.63) is 38.9 Å². The summed E-state index contributed by atoms with van der Waals surface area (Å²) < 4.78 is 2.00. The second kappa shape index (κ2) is 5.15. The zero-order valence-corrected chi connectivity index (χ0v) is 11.8. The van der Waals surface area contributed by atoms with Crippen LogP contribution < -0.4 is 5.32 Å². The summed E-state index contributed by atoms with van der Waals surface area (Å²) in [6.07, 6.45) is 4.38. The molecule has 0 amide bonds. The normalized spacial score (nSPS) is 18.1. The van der Waals surface area contributed by atoms with E-state index in [1.165, 1.54) is 0 Å². The van der Waals surface area contributed by atoms with E-state index in [1.54, 1.807) is 0 Å². The number of hydrogen-bond donors (Lipinski definition) is 1. The average molecular weight is 345 g/mol. The van der Waals surface area contributed by atoms with Gasteiger partial charge in [0.15, 0.2) is 5.78 Å². The fourth-order valence-corrected chi connectivity index (χ4v) is 2.82. The van der Waals surface area contributed by atoms with Crippen LogP contribution >= 0.6 is 31.9 Å². The van der Waals surface area contributed by atoms with Gasteiger partial charge in [0.05, 0.1) is 5.69 Å². The SMILES string of the molecule is O=C1CCC/C1=C/Nc1ccc(Br)cc1Br. The van der Waals surface area contributed by atoms with Crippen molar-refractivity contribution in [3.63, 3.8) is 0 Å². The number of carbonyl (C=O) groups excluding carboxylic acids is 1. The number of halogens is 2. The Morgan fingerprint density at radius 1 is 1.25 bits per heavy atom. The first-order chi connectivity index (χ1) is 7.66. The second-order valence-corrected chi connectivity index (χ2v) is 5.48. The highest BCUT2D eigenvalue weighted by molar-refractivity contribution is 9.11. The molecule has 0 aliphatic heterocycles. The Hall–Kier alpha value is -0.610. The van der Waals surface area contributed by atoms with E-state index in [2.05, 4.69) is 37.2 Å². The van der Waals surface area contributed by atoms with Gasteiger partial charge in [0.2, 0.25) is 0 Å². The van der Waals surface area contributed by atoms with Crippen molar-refractivity contribution in [3.8, 4) is 0 Å². The van der Waals surface area contributed by atoms with Crippen LogP contribution in [0.15, 0.2) is 38.9 Å². The van der Waals surface area contributed by atoms with Crippen molar-refractivity contribution < 1.29 is 4.79 Å². The van der Waals surface area contributed by atoms with E-state index in [0.717, 1.165) is 33.0 Å². The van der Waals surface area contributed by atoms with Crippen LogP contribution in [0.3, 0.4) is 0 Å². The number of rotatable bonds is 2. The molecule has 0 unspecified atom stereocenters. The first-order valence-electron chi connectivity index (χ1n) is 5.10. The highest BCUT2D eigenvalue weighted by Gasteiger charge is 2.16. The molecule has 2 nitrogen and oxygen atoms in total. The lowest BCUT2D eigenvalue weighted by Gasteiger charge is -2.05. The first-order valence-corrected chi connectivity index (χ1v) is 6.69. The quantitative estimate of drug-likeness (QED) is 0.812. The molecule has 1 aliphatic carbocycles. The predicted molar refractivity (Wildman–Crippen MR) is 72.4 cm³/mol. The van der Waals surface area contributed by atoms with Crippen LogP contribution in [0.1, 0.15) is 19.3 Å². The number of hydrogen-bond acceptors (Lipinski definition) is 2. The van der Waals surface area contributed by atoms with Gasteiger partial charge in [0.1, 0.15) is 0 Å². The Morgan fingerprint density at radius 2 is 2.06 bits per heavy atom. The van der Waals surface area contributed by atoms with Crippen LogP contribution in [0.25, 0.3) is 0 Å². The summed E-state index contributed by atoms with van der Waals surface area (Å²) in [5, 5.41) is 3.16. The van der Waals surface area contributed by atoms with Crippen LogP contribution in [0.2, 0.25) is 0 Å². The van der Waals surface area contributed by atoms with Crippen molar-refractivity contribution in [1.29, 1.82) is 0 Å². The molecule has 0 heterocycles. The summed E-state index contributed by atoms with van der Waals surface area (Å²) in [6.45, 7) is 0. The second-order valence-electron chi connectivity index (χ2n) is 3.71. The molecule has 1 aliphatic rings. The lowest BCUT2D eigenvalue weighted by Crippen LogP contribution is -1.97. The van der Waals surface area contributed by atoms with Crippen molar-refractivity contribution in [2.24, 2.45) is 0 Å². The van der Waals surface area contributed by atoms with Crippen molar-refractivity contribution in [2.45, 2.75) is 19.3 Å². The third-order valence-electron chi connectivity index (χ3n) is 2.54. The summed E-state index contributed by atoms with van der Waals surface area (Å²) in [5.41, 5.74) is 1.87. The van der Waals surface area contributed by atoms with Crippen molar-refractivity contribution in [2.75, 3.05) is 5.32 Å². The highest BCUT2D eigenvalue weighted by atomic mass is 79.9. The maximum absolute atomic E-state index is 11.4. The smallest absolute Gasteiger partial charge is 0.160 e. The van der Waals surface area contributed by atoms with E-state index in [1.807, 2.05) is 24.4 Å². The zero-order valence-electron chi connectivity index (χ0n) is 8.59. The number of nitrogens with one attached hydrogen (secondary N) is 1. The lowest BCUT2D eigenvalue weighted by atomic mass is 10.2. The molecule has 1 aromatic rings. The van der Waals surface area contributed by atoms with Gasteiger partial charge in [-0.25, -0.2) is 0 Å². The number of anilines is 1. The minimum Gasteiger partial charge on any atom is -0.360 e. The Balaban J connectivity index is 2.12. The Bertz CT molecular complexity index is 454. The molecule has 1 fully saturated rings. The molecule has 1 aromatic carbocycles. The number of allylic oxidation sites excluding steroid dienone is 1. The van der Waals surface area contributed by atoms with E-state index >= 15 is 0 Å². The molecule has 0 aromatic heterocycles. The largest absolute Gasteiger partial charge is 0.360 e. The zero-order chi connectivity index (χ0) is 11.5. The molecule has 2 rings (SSSR count). The number of carbonyl (C=O) groups is 1. The Labute approximate surface area is 111 Å². The van der Waals surface area contributed by atoms with E-state index in [0.29, 0.717) is 6.42 Å². The summed E-state index contributed by atoms with van der Waals surface area (Å²) in [5.74, 6) is 0.265. The van der Waals surface area contributed by atoms with Crippen molar-refractivity contribution >= 4 is 43.3 Å². The molecular formula is C12H11Br2NO. The molecule has 0 atom stereocenters. The monoisotopic (exact) mass is 343 g/mol. The van der Waals surface area contributed by atoms with E-state index in [4.69, 9.17) is 0 Å². The van der Waals surface area contributed by atoms with Crippen LogP contribution in [-0.2, 0) is 4.79 Å². The molecule has 0 radical (unpaired) electrons. The molecule has 4 heteroatoms. The standard InChI is InChI=1S/C12H11Br2NO/c13-9-4-5-11(10(14)6-9)15-7-8-2-1-3-12(8)16/h4-7,15H,1-3H2/b8-7-. The number of benzene rings is 1. The molecule has 0 bridgehead atoms. The summed E-state index contributed by atoms with van der Waals surface area (Å²) in [7, 11) is 0. The number of Topliss-reactive ketones (excluding diaryl/α,β-unsaturated/α-hetero) is 1. The number of ketones is 1. The highest BCUT2D eigenvalue weighted by Crippen LogP contribution is 2.27. The Kier molecular flexibility index (Phi) is 3.82. The fraction of sp³-hybridized carbons (Fsp3) is 0.250. The third-order valence-corrected chi connectivity index (χ3v) is 3.69. The van der Waals surface area contributed by atoms with Crippen LogP contribution in [0.4, 0.5) is 5.69 Å². The molecule has 1 N–H and O–H groups in total. The lowest BCUT2D eigenvalue weighted by molar-refractivity contribution is -0.114. The van der Waals surface area contributed by atoms with Gasteiger partial charge in [0.25, 0.3) is 0 Å². The van der Waals surface area contributed by atoms with Crippen LogP contribution in [0.5, 0.6) is 0 Å². The molecular weight excluding hydrogens is 334 g/mol. The summed E-state index contributed by atoms with van der Waals surface area (Å²) in [4.78, 5) is 11.4. The van der Waals surface area contributed by atoms with Gasteiger partial charge in [-0.3, -0.25) is 4.79 Å². The first kappa shape index (κ1) is 11.9. The van der Waals surface area contributed by atoms with Gasteiger partial charge in [0, 0.05) is 27.1 Å². The van der Waals surface area contributed by atoms with Gasteiger partial charge >= 0.3 is 0 Å². The van der Waals surface area contributed by atoms with Crippen LogP contribution in [0, 0.1) is 0 Å². The summed E-state index contributed by atoms with van der Waals surface area (Å²) in [6, 6.07) is 5.89. The van der Waals surface area contributed by atoms with Gasteiger partial charge < -0.3 is 5.32 Å². The minimum absolute atomic E-state index is 0.265. The third kappa shape index (κ3) is 2.74. The average Bonchev–Trinajstić information content (AvgIpc) is 2.63. The molecule has 0 saturated heterocycles. The van der Waals surface area contributed by atoms with Gasteiger partial charge in [-0.1, -0.05) is 15.9 Å². The minimum atomic E-state index is 0.265. The van der Waals surface area contributed by atoms with Crippen LogP contribution in [-0.4, -0.2) is 5.78 Å².